The van der Waals surface area contributed by atoms with Crippen LogP contribution in [0.25, 0.3) is 11.3 Å². The van der Waals surface area contributed by atoms with Gasteiger partial charge in [-0.15, -0.1) is 0 Å². The number of fused-ring (bicyclic) bond motifs is 1. The third-order valence-electron chi connectivity index (χ3n) is 3.66. The maximum atomic E-state index is 4.70. The molecule has 19 heavy (non-hydrogen) atoms. The van der Waals surface area contributed by atoms with Crippen molar-refractivity contribution in [3.05, 3.63) is 29.5 Å². The molecule has 0 saturated heterocycles. The van der Waals surface area contributed by atoms with E-state index in [1.807, 2.05) is 17.9 Å². The Balaban J connectivity index is 2.18. The Hall–Kier alpha value is -1.75. The van der Waals surface area contributed by atoms with Crippen LogP contribution in [0.4, 0.5) is 0 Å². The lowest BCUT2D eigenvalue weighted by atomic mass is 9.98. The normalized spacial score (nSPS) is 14.7. The summed E-state index contributed by atoms with van der Waals surface area (Å²) in [6, 6.07) is 0. The van der Waals surface area contributed by atoms with E-state index in [-0.39, 0.29) is 0 Å². The highest BCUT2D eigenvalue weighted by molar-refractivity contribution is 5.66. The lowest BCUT2D eigenvalue weighted by Crippen LogP contribution is -2.24. The van der Waals surface area contributed by atoms with Crippen molar-refractivity contribution in [2.24, 2.45) is 7.05 Å². The first-order valence-electron chi connectivity index (χ1n) is 6.74. The van der Waals surface area contributed by atoms with Gasteiger partial charge in [0, 0.05) is 49.6 Å². The van der Waals surface area contributed by atoms with Gasteiger partial charge in [0.15, 0.2) is 0 Å². The maximum Gasteiger partial charge on any atom is 0.115 e. The first kappa shape index (κ1) is 12.3. The Labute approximate surface area is 113 Å². The van der Waals surface area contributed by atoms with Gasteiger partial charge in [-0.3, -0.25) is 4.68 Å². The van der Waals surface area contributed by atoms with E-state index in [1.54, 1.807) is 6.33 Å². The second-order valence-corrected chi connectivity index (χ2v) is 5.30. The van der Waals surface area contributed by atoms with Gasteiger partial charge in [0.1, 0.15) is 12.0 Å². The summed E-state index contributed by atoms with van der Waals surface area (Å²) < 4.78 is 2.00. The SMILES string of the molecule is CC(C)c1ncncc1-c1nn(C)c2c1CNCC2. The van der Waals surface area contributed by atoms with Crippen LogP contribution in [0.15, 0.2) is 12.5 Å². The Bertz CT molecular complexity index is 600. The standard InChI is InChI=1S/C14H19N5/c1-9(2)13-11(7-16-8-17-13)14-10-6-15-5-4-12(10)19(3)18-14/h7-9,15H,4-6H2,1-3H3. The molecule has 0 saturated carbocycles. The third kappa shape index (κ3) is 2.04. The van der Waals surface area contributed by atoms with E-state index in [4.69, 9.17) is 5.10 Å². The molecule has 0 amide bonds. The summed E-state index contributed by atoms with van der Waals surface area (Å²) in [5, 5.41) is 8.12. The van der Waals surface area contributed by atoms with Crippen LogP contribution in [0.3, 0.4) is 0 Å². The van der Waals surface area contributed by atoms with E-state index < -0.39 is 0 Å². The summed E-state index contributed by atoms with van der Waals surface area (Å²) in [4.78, 5) is 8.61. The van der Waals surface area contributed by atoms with Gasteiger partial charge in [0.05, 0.1) is 5.69 Å². The summed E-state index contributed by atoms with van der Waals surface area (Å²) in [6.07, 6.45) is 4.54. The average Bonchev–Trinajstić information content (AvgIpc) is 2.77. The monoisotopic (exact) mass is 257 g/mol. The molecule has 2 aromatic heterocycles. The lowest BCUT2D eigenvalue weighted by molar-refractivity contribution is 0.604. The molecular weight excluding hydrogens is 238 g/mol. The maximum absolute atomic E-state index is 4.70. The van der Waals surface area contributed by atoms with Crippen molar-refractivity contribution in [2.75, 3.05) is 6.54 Å². The molecule has 3 heterocycles. The van der Waals surface area contributed by atoms with E-state index >= 15 is 0 Å². The summed E-state index contributed by atoms with van der Waals surface area (Å²) in [6.45, 7) is 6.21. The molecule has 0 bridgehead atoms. The molecule has 1 aliphatic heterocycles. The number of rotatable bonds is 2. The van der Waals surface area contributed by atoms with Gasteiger partial charge in [-0.2, -0.15) is 5.10 Å². The van der Waals surface area contributed by atoms with Crippen LogP contribution in [-0.4, -0.2) is 26.3 Å². The van der Waals surface area contributed by atoms with Crippen molar-refractivity contribution in [1.29, 1.82) is 0 Å². The number of nitrogens with zero attached hydrogens (tertiary/aromatic N) is 4. The zero-order valence-corrected chi connectivity index (χ0v) is 11.6. The third-order valence-corrected chi connectivity index (χ3v) is 3.66. The summed E-state index contributed by atoms with van der Waals surface area (Å²) in [5.74, 6) is 0.368. The highest BCUT2D eigenvalue weighted by Crippen LogP contribution is 2.31. The number of nitrogens with one attached hydrogen (secondary N) is 1. The van der Waals surface area contributed by atoms with E-state index in [9.17, 15) is 0 Å². The molecule has 0 radical (unpaired) electrons. The second-order valence-electron chi connectivity index (χ2n) is 5.30. The number of aryl methyl sites for hydroxylation is 1. The molecule has 100 valence electrons. The molecule has 0 unspecified atom stereocenters. The fraction of sp³-hybridized carbons (Fsp3) is 0.500. The summed E-state index contributed by atoms with van der Waals surface area (Å²) in [7, 11) is 2.02. The zero-order chi connectivity index (χ0) is 13.4. The fourth-order valence-corrected chi connectivity index (χ4v) is 2.72. The molecule has 1 N–H and O–H groups in total. The highest BCUT2D eigenvalue weighted by Gasteiger charge is 2.22. The van der Waals surface area contributed by atoms with Gasteiger partial charge >= 0.3 is 0 Å². The molecule has 5 heteroatoms. The van der Waals surface area contributed by atoms with Crippen LogP contribution in [0.2, 0.25) is 0 Å². The first-order valence-corrected chi connectivity index (χ1v) is 6.74. The minimum Gasteiger partial charge on any atom is -0.312 e. The largest absolute Gasteiger partial charge is 0.312 e. The van der Waals surface area contributed by atoms with Gasteiger partial charge in [-0.05, 0) is 5.92 Å². The second kappa shape index (κ2) is 4.74. The van der Waals surface area contributed by atoms with Crippen molar-refractivity contribution in [3.63, 3.8) is 0 Å². The Morgan fingerprint density at radius 3 is 3.00 bits per heavy atom. The van der Waals surface area contributed by atoms with Crippen LogP contribution >= 0.6 is 0 Å². The molecule has 3 rings (SSSR count). The Morgan fingerprint density at radius 2 is 2.21 bits per heavy atom. The highest BCUT2D eigenvalue weighted by atomic mass is 15.3. The minimum absolute atomic E-state index is 0.368. The summed E-state index contributed by atoms with van der Waals surface area (Å²) >= 11 is 0. The number of hydrogen-bond acceptors (Lipinski definition) is 4. The predicted molar refractivity (Wildman–Crippen MR) is 73.7 cm³/mol. The van der Waals surface area contributed by atoms with Crippen LogP contribution < -0.4 is 5.32 Å². The van der Waals surface area contributed by atoms with Gasteiger partial charge in [-0.25, -0.2) is 9.97 Å². The van der Waals surface area contributed by atoms with Crippen molar-refractivity contribution < 1.29 is 0 Å². The van der Waals surface area contributed by atoms with E-state index in [2.05, 4.69) is 29.1 Å². The van der Waals surface area contributed by atoms with Gasteiger partial charge in [0.25, 0.3) is 0 Å². The van der Waals surface area contributed by atoms with Gasteiger partial charge < -0.3 is 5.32 Å². The smallest absolute Gasteiger partial charge is 0.115 e. The zero-order valence-electron chi connectivity index (χ0n) is 11.6. The van der Waals surface area contributed by atoms with Gasteiger partial charge in [0.2, 0.25) is 0 Å². The molecule has 0 aromatic carbocycles. The quantitative estimate of drug-likeness (QED) is 0.888. The first-order chi connectivity index (χ1) is 9.18. The van der Waals surface area contributed by atoms with E-state index in [0.29, 0.717) is 5.92 Å². The van der Waals surface area contributed by atoms with E-state index in [1.165, 1.54) is 11.3 Å². The molecule has 0 spiro atoms. The fourth-order valence-electron chi connectivity index (χ4n) is 2.72. The molecule has 1 aliphatic rings. The molecule has 5 nitrogen and oxygen atoms in total. The molecule has 2 aromatic rings. The molecule has 0 fully saturated rings. The topological polar surface area (TPSA) is 55.6 Å². The predicted octanol–water partition coefficient (Wildman–Crippen LogP) is 1.65. The Kier molecular flexibility index (Phi) is 3.06. The van der Waals surface area contributed by atoms with E-state index in [0.717, 1.165) is 36.5 Å². The summed E-state index contributed by atoms with van der Waals surface area (Å²) in [5.41, 5.74) is 5.80. The molecular formula is C14H19N5. The average molecular weight is 257 g/mol. The molecule has 0 aliphatic carbocycles. The molecule has 0 atom stereocenters. The van der Waals surface area contributed by atoms with Crippen LogP contribution in [0.5, 0.6) is 0 Å². The number of hydrogen-bond donors (Lipinski definition) is 1. The minimum atomic E-state index is 0.368. The van der Waals surface area contributed by atoms with Crippen LogP contribution in [-0.2, 0) is 20.0 Å². The van der Waals surface area contributed by atoms with Crippen molar-refractivity contribution in [2.45, 2.75) is 32.7 Å². The van der Waals surface area contributed by atoms with Crippen LogP contribution in [0, 0.1) is 0 Å². The lowest BCUT2D eigenvalue weighted by Gasteiger charge is -2.15. The van der Waals surface area contributed by atoms with Gasteiger partial charge in [-0.1, -0.05) is 13.8 Å². The van der Waals surface area contributed by atoms with Crippen molar-refractivity contribution in [3.8, 4) is 11.3 Å². The Morgan fingerprint density at radius 1 is 1.37 bits per heavy atom. The van der Waals surface area contributed by atoms with Crippen molar-refractivity contribution in [1.82, 2.24) is 25.1 Å². The van der Waals surface area contributed by atoms with Crippen molar-refractivity contribution >= 4 is 0 Å². The van der Waals surface area contributed by atoms with Crippen LogP contribution in [0.1, 0.15) is 36.7 Å². The number of aromatic nitrogens is 4.